The fourth-order valence-corrected chi connectivity index (χ4v) is 7.29. The molecule has 0 aromatic rings. The zero-order valence-corrected chi connectivity index (χ0v) is 40.8. The van der Waals surface area contributed by atoms with Crippen LogP contribution in [0.25, 0.3) is 0 Å². The van der Waals surface area contributed by atoms with Crippen molar-refractivity contribution in [2.75, 3.05) is 0 Å². The minimum absolute atomic E-state index is 0. The summed E-state index contributed by atoms with van der Waals surface area (Å²) in [6, 6.07) is 0. The van der Waals surface area contributed by atoms with E-state index in [1.165, 1.54) is 0 Å². The monoisotopic (exact) mass is 1530 g/mol. The molecule has 0 aromatic carbocycles. The maximum Gasteiger partial charge on any atom is 0.431 e. The van der Waals surface area contributed by atoms with Gasteiger partial charge in [0, 0.05) is 43.9 Å². The Balaban J connectivity index is -0.000000346. The molecule has 0 aliphatic carbocycles. The second kappa shape index (κ2) is 27.0. The third-order valence-electron chi connectivity index (χ3n) is 9.48. The number of halogens is 47. The van der Waals surface area contributed by atoms with E-state index >= 15 is 0 Å². The van der Waals surface area contributed by atoms with E-state index in [0.717, 1.165) is 0 Å². The van der Waals surface area contributed by atoms with E-state index < -0.39 is 185 Å². The Bertz CT molecular complexity index is 1670. The van der Waals surface area contributed by atoms with Crippen molar-refractivity contribution in [3.05, 3.63) is 25.3 Å². The van der Waals surface area contributed by atoms with Gasteiger partial charge < -0.3 is 0 Å². The lowest BCUT2D eigenvalue weighted by Gasteiger charge is -2.37. The largest absolute Gasteiger partial charge is 0.431 e. The molecular formula is C33H25F45I2. The summed E-state index contributed by atoms with van der Waals surface area (Å²) in [6.07, 6.45) is -103. The van der Waals surface area contributed by atoms with Gasteiger partial charge in [0.05, 0.1) is 12.7 Å². The fourth-order valence-electron chi connectivity index (χ4n) is 5.36. The number of hydrogen-bond acceptors (Lipinski definition) is 0. The van der Waals surface area contributed by atoms with Gasteiger partial charge >= 0.3 is 74.1 Å². The van der Waals surface area contributed by atoms with Crippen molar-refractivity contribution in [3.63, 3.8) is 0 Å². The molecule has 47 heteroatoms. The molecule has 0 fully saturated rings. The zero-order valence-electron chi connectivity index (χ0n) is 36.5. The topological polar surface area (TPSA) is 0 Å². The van der Waals surface area contributed by atoms with Crippen LogP contribution >= 0.6 is 45.2 Å². The highest BCUT2D eigenvalue weighted by molar-refractivity contribution is 14.1. The Morgan fingerprint density at radius 1 is 0.300 bits per heavy atom. The van der Waals surface area contributed by atoms with Crippen molar-refractivity contribution in [2.24, 2.45) is 11.8 Å². The van der Waals surface area contributed by atoms with Crippen molar-refractivity contribution < 1.29 is 199 Å². The summed E-state index contributed by atoms with van der Waals surface area (Å²) in [6.45, 7) is 2.69. The Labute approximate surface area is 442 Å². The molecule has 1 unspecified atom stereocenters. The summed E-state index contributed by atoms with van der Waals surface area (Å²) >= 11 is 0.880. The molecule has 0 nitrogen and oxygen atoms in total. The molecule has 486 valence electrons. The molecule has 0 saturated carbocycles. The van der Waals surface area contributed by atoms with Crippen LogP contribution in [0.1, 0.15) is 46.4 Å². The van der Waals surface area contributed by atoms with Gasteiger partial charge in [-0.15, -0.1) is 0 Å². The second-order valence-electron chi connectivity index (χ2n) is 15.3. The van der Waals surface area contributed by atoms with Crippen molar-refractivity contribution in [3.8, 4) is 0 Å². The lowest BCUT2D eigenvalue weighted by molar-refractivity contribution is -0.357. The lowest BCUT2D eigenvalue weighted by atomic mass is 9.81. The minimum atomic E-state index is -6.83. The summed E-state index contributed by atoms with van der Waals surface area (Å²) in [7, 11) is 0. The summed E-state index contributed by atoms with van der Waals surface area (Å²) in [4.78, 5) is 0. The summed E-state index contributed by atoms with van der Waals surface area (Å²) in [5.74, 6) is -6.65. The minimum Gasteiger partial charge on any atom is -0.236 e. The number of allylic oxidation sites excluding steroid dienone is 1. The first kappa shape index (κ1) is 84.2. The fraction of sp³-hybridized carbons (Fsp3) is 0.879. The van der Waals surface area contributed by atoms with Crippen molar-refractivity contribution in [1.82, 2.24) is 0 Å². The summed E-state index contributed by atoms with van der Waals surface area (Å²) in [5, 5.41) is 0. The third-order valence-corrected chi connectivity index (χ3v) is 10.9. The highest BCUT2D eigenvalue weighted by atomic mass is 127. The smallest absolute Gasteiger partial charge is 0.236 e. The Morgan fingerprint density at radius 3 is 0.588 bits per heavy atom. The molecule has 0 spiro atoms. The van der Waals surface area contributed by atoms with Gasteiger partial charge in [0.2, 0.25) is 0 Å². The van der Waals surface area contributed by atoms with E-state index in [2.05, 4.69) is 6.58 Å². The van der Waals surface area contributed by atoms with Crippen LogP contribution in [0, 0.1) is 11.8 Å². The van der Waals surface area contributed by atoms with E-state index in [1.54, 1.807) is 0 Å². The molecule has 0 aliphatic heterocycles. The zero-order chi connectivity index (χ0) is 66.4. The normalized spacial score (nSPS) is 15.8. The van der Waals surface area contributed by atoms with Gasteiger partial charge in [0.25, 0.3) is 34.0 Å². The van der Waals surface area contributed by atoms with Crippen LogP contribution < -0.4 is 0 Å². The quantitative estimate of drug-likeness (QED) is 0.0871. The Kier molecular flexibility index (Phi) is 28.4. The molecule has 1 atom stereocenters. The predicted molar refractivity (Wildman–Crippen MR) is 195 cm³/mol. The molecule has 0 amide bonds. The van der Waals surface area contributed by atoms with Crippen LogP contribution in [0.5, 0.6) is 0 Å². The highest BCUT2D eigenvalue weighted by Crippen LogP contribution is 2.58. The molecule has 0 radical (unpaired) electrons. The van der Waals surface area contributed by atoms with Crippen LogP contribution in [0.4, 0.5) is 198 Å². The van der Waals surface area contributed by atoms with Crippen LogP contribution in [0.3, 0.4) is 0 Å². The van der Waals surface area contributed by atoms with E-state index in [-0.39, 0.29) is 30.3 Å². The van der Waals surface area contributed by atoms with E-state index in [4.69, 9.17) is 0 Å². The SMILES string of the molecule is C=CF.F/C=C/C(CC(F)(C(F)(F)F)C(F)(F)F)CC(F)(C(F)(F)F)C(F)(F)F.FC(F)(F)C(F)(CC(I)CC(F)(C(F)(F)F)C(F)(F)F)C(F)(F)F.FC(I)CC(CC(F)(C(F)(F)F)C(F)(F)F)CC(F)(C(F)(F)F)C(F)(F)F.[2HH]. The van der Waals surface area contributed by atoms with E-state index in [1.807, 2.05) is 0 Å². The maximum absolute atomic E-state index is 13.6. The predicted octanol–water partition coefficient (Wildman–Crippen LogP) is 21.3. The Morgan fingerprint density at radius 2 is 0.450 bits per heavy atom. The lowest BCUT2D eigenvalue weighted by Crippen LogP contribution is -2.57. The molecule has 0 aliphatic rings. The van der Waals surface area contributed by atoms with Crippen molar-refractivity contribution in [1.29, 1.82) is 0 Å². The van der Waals surface area contributed by atoms with Crippen LogP contribution in [0.2, 0.25) is 0 Å². The molecule has 80 heavy (non-hydrogen) atoms. The Hall–Kier alpha value is -2.21. The molecule has 0 aromatic heterocycles. The van der Waals surface area contributed by atoms with E-state index in [0.29, 0.717) is 22.6 Å². The first-order valence-corrected chi connectivity index (χ1v) is 21.0. The van der Waals surface area contributed by atoms with E-state index in [9.17, 15) is 198 Å². The van der Waals surface area contributed by atoms with Crippen LogP contribution in [0.15, 0.2) is 25.3 Å². The number of rotatable bonds is 15. The van der Waals surface area contributed by atoms with Gasteiger partial charge in [-0.3, -0.25) is 0 Å². The van der Waals surface area contributed by atoms with Crippen molar-refractivity contribution in [2.45, 2.75) is 161 Å². The second-order valence-corrected chi connectivity index (χ2v) is 18.4. The van der Waals surface area contributed by atoms with Gasteiger partial charge in [-0.05, 0) is 40.8 Å². The van der Waals surface area contributed by atoms with Crippen LogP contribution in [-0.2, 0) is 0 Å². The standard InChI is InChI=1S/C11H8F15I.C11H7F15.C9H5F14I.C2H3F.H2/c12-5(27)1-4(2-6(13,8(15,16)17)9(18,19)20)3-7(14,10(21,22)23)11(24,25)26;12-2-1-5(3-6(13,8(15,16)17)9(18,19)20)4-7(14,10(21,22)23)11(24,25)26;10-4(6(12,13)14,7(15,16)17)1-3(24)2-5(11,8(18,19)20)9(21,22)23;1-2-3;/h4-5H,1-3H2;1-2,5H,3-4H2;3H,1-2H2;2H,1H2;1H/b;2-1+;;;/i;;;;1+1. The van der Waals surface area contributed by atoms with Gasteiger partial charge in [-0.2, -0.15) is 158 Å². The first-order valence-electron chi connectivity index (χ1n) is 18.5. The van der Waals surface area contributed by atoms with Crippen LogP contribution in [-0.4, -0.2) is 116 Å². The van der Waals surface area contributed by atoms with Gasteiger partial charge in [0.1, 0.15) is 0 Å². The molecule has 0 heterocycles. The maximum atomic E-state index is 13.6. The molecule has 0 N–H and O–H groups in total. The van der Waals surface area contributed by atoms with Gasteiger partial charge in [-0.25, -0.2) is 39.5 Å². The third kappa shape index (κ3) is 20.8. The summed E-state index contributed by atoms with van der Waals surface area (Å²) < 4.78 is 555. The molecular weight excluding hydrogens is 1510 g/mol. The first-order chi connectivity index (χ1) is 34.1. The molecule has 0 rings (SSSR count). The number of hydrogen-bond donors (Lipinski definition) is 0. The molecule has 0 bridgehead atoms. The van der Waals surface area contributed by atoms with Crippen molar-refractivity contribution >= 4 is 45.2 Å². The average molecular weight is 1530 g/mol. The number of alkyl halides is 45. The van der Waals surface area contributed by atoms with Gasteiger partial charge in [-0.1, -0.05) is 35.2 Å². The highest BCUT2D eigenvalue weighted by Gasteiger charge is 2.79. The molecule has 0 saturated heterocycles. The average Bonchev–Trinajstić information content (AvgIpc) is 3.13. The van der Waals surface area contributed by atoms with Gasteiger partial charge in [0.15, 0.2) is 4.18 Å². The summed E-state index contributed by atoms with van der Waals surface area (Å²) in [5.41, 5.74) is -37.3.